The molecule has 2 N–H and O–H groups in total. The van der Waals surface area contributed by atoms with Gasteiger partial charge in [-0.25, -0.2) is 4.79 Å². The van der Waals surface area contributed by atoms with Gasteiger partial charge in [0, 0.05) is 5.69 Å². The first-order valence-corrected chi connectivity index (χ1v) is 9.39. The topological polar surface area (TPSA) is 87.7 Å². The molecule has 142 valence electrons. The maximum absolute atomic E-state index is 12.7. The van der Waals surface area contributed by atoms with Crippen LogP contribution in [0.5, 0.6) is 5.75 Å². The van der Waals surface area contributed by atoms with Gasteiger partial charge in [-0.15, -0.1) is 0 Å². The fourth-order valence-corrected chi connectivity index (χ4v) is 4.42. The minimum Gasteiger partial charge on any atom is -0.494 e. The minimum atomic E-state index is -0.462. The van der Waals surface area contributed by atoms with Gasteiger partial charge < -0.3 is 15.4 Å². The summed E-state index contributed by atoms with van der Waals surface area (Å²) < 4.78 is 5.36. The molecule has 0 aromatic heterocycles. The van der Waals surface area contributed by atoms with Crippen molar-refractivity contribution in [1.29, 1.82) is 0 Å². The summed E-state index contributed by atoms with van der Waals surface area (Å²) in [5.74, 6) is 0.200. The predicted molar refractivity (Wildman–Crippen MR) is 98.8 cm³/mol. The summed E-state index contributed by atoms with van der Waals surface area (Å²) in [6.45, 7) is 2.37. The fraction of sp³-hybridized carbons (Fsp3) is 0.450. The fourth-order valence-electron chi connectivity index (χ4n) is 4.42. The molecule has 3 aliphatic carbocycles. The molecule has 4 unspecified atom stereocenters. The summed E-state index contributed by atoms with van der Waals surface area (Å²) in [5.41, 5.74) is 0.603. The van der Waals surface area contributed by atoms with Crippen molar-refractivity contribution in [2.45, 2.75) is 19.8 Å². The van der Waals surface area contributed by atoms with Crippen molar-refractivity contribution in [3.63, 3.8) is 0 Å². The van der Waals surface area contributed by atoms with Crippen LogP contribution in [-0.4, -0.2) is 36.0 Å². The molecule has 1 saturated heterocycles. The zero-order valence-electron chi connectivity index (χ0n) is 15.2. The summed E-state index contributed by atoms with van der Waals surface area (Å²) in [6.07, 6.45) is 6.08. The molecule has 2 bridgehead atoms. The minimum absolute atomic E-state index is 0.104. The Hall–Kier alpha value is -2.83. The first kappa shape index (κ1) is 17.6. The Morgan fingerprint density at radius 1 is 1.07 bits per heavy atom. The summed E-state index contributed by atoms with van der Waals surface area (Å²) in [6, 6.07) is 6.53. The lowest BCUT2D eigenvalue weighted by atomic mass is 9.63. The SMILES string of the molecule is CCOc1ccc(NC(=O)NCN2C(=O)C3C4C=CC(CC4)C3C2=O)cc1. The van der Waals surface area contributed by atoms with Gasteiger partial charge in [-0.1, -0.05) is 12.2 Å². The van der Waals surface area contributed by atoms with Crippen LogP contribution in [0.1, 0.15) is 19.8 Å². The second kappa shape index (κ2) is 7.06. The number of anilines is 1. The number of urea groups is 1. The molecule has 4 atom stereocenters. The van der Waals surface area contributed by atoms with E-state index in [1.54, 1.807) is 24.3 Å². The smallest absolute Gasteiger partial charge is 0.320 e. The molecule has 5 rings (SSSR count). The van der Waals surface area contributed by atoms with Crippen molar-refractivity contribution < 1.29 is 19.1 Å². The van der Waals surface area contributed by atoms with Gasteiger partial charge in [-0.05, 0) is 55.9 Å². The molecule has 4 aliphatic rings. The lowest BCUT2D eigenvalue weighted by Crippen LogP contribution is -2.43. The Labute approximate surface area is 157 Å². The van der Waals surface area contributed by atoms with Crippen LogP contribution in [0.25, 0.3) is 0 Å². The van der Waals surface area contributed by atoms with E-state index in [1.807, 2.05) is 6.92 Å². The third-order valence-corrected chi connectivity index (χ3v) is 5.67. The zero-order chi connectivity index (χ0) is 19.0. The summed E-state index contributed by atoms with van der Waals surface area (Å²) in [4.78, 5) is 38.7. The molecule has 1 heterocycles. The zero-order valence-corrected chi connectivity index (χ0v) is 15.2. The van der Waals surface area contributed by atoms with Crippen molar-refractivity contribution >= 4 is 23.5 Å². The number of fused-ring (bicyclic) bond motifs is 1. The number of nitrogens with one attached hydrogen (secondary N) is 2. The summed E-state index contributed by atoms with van der Waals surface area (Å²) >= 11 is 0. The second-order valence-corrected chi connectivity index (χ2v) is 7.19. The van der Waals surface area contributed by atoms with Gasteiger partial charge in [0.15, 0.2) is 0 Å². The van der Waals surface area contributed by atoms with E-state index in [9.17, 15) is 14.4 Å². The molecular formula is C20H23N3O4. The normalized spacial score (nSPS) is 28.3. The third kappa shape index (κ3) is 3.18. The number of carbonyl (C=O) groups is 3. The van der Waals surface area contributed by atoms with E-state index < -0.39 is 6.03 Å². The molecule has 1 saturated carbocycles. The third-order valence-electron chi connectivity index (χ3n) is 5.67. The Morgan fingerprint density at radius 2 is 1.67 bits per heavy atom. The van der Waals surface area contributed by atoms with Crippen LogP contribution in [0.2, 0.25) is 0 Å². The van der Waals surface area contributed by atoms with Gasteiger partial charge >= 0.3 is 6.03 Å². The van der Waals surface area contributed by atoms with Crippen LogP contribution in [0.3, 0.4) is 0 Å². The molecular weight excluding hydrogens is 346 g/mol. The molecule has 4 amide bonds. The van der Waals surface area contributed by atoms with Crippen LogP contribution >= 0.6 is 0 Å². The number of hydrogen-bond donors (Lipinski definition) is 2. The van der Waals surface area contributed by atoms with Crippen LogP contribution in [-0.2, 0) is 9.59 Å². The van der Waals surface area contributed by atoms with Crippen molar-refractivity contribution in [2.24, 2.45) is 23.7 Å². The van der Waals surface area contributed by atoms with Crippen LogP contribution in [0, 0.1) is 23.7 Å². The molecule has 1 aromatic carbocycles. The number of imide groups is 1. The molecule has 0 spiro atoms. The average molecular weight is 369 g/mol. The number of nitrogens with zero attached hydrogens (tertiary/aromatic N) is 1. The van der Waals surface area contributed by atoms with Gasteiger partial charge in [-0.2, -0.15) is 0 Å². The largest absolute Gasteiger partial charge is 0.494 e. The number of hydrogen-bond acceptors (Lipinski definition) is 4. The first-order chi connectivity index (χ1) is 13.1. The van der Waals surface area contributed by atoms with E-state index in [2.05, 4.69) is 22.8 Å². The number of carbonyl (C=O) groups excluding carboxylic acids is 3. The molecule has 0 radical (unpaired) electrons. The maximum atomic E-state index is 12.7. The van der Waals surface area contributed by atoms with Crippen LogP contribution < -0.4 is 15.4 Å². The molecule has 2 fully saturated rings. The molecule has 27 heavy (non-hydrogen) atoms. The van der Waals surface area contributed by atoms with Crippen molar-refractivity contribution in [3.05, 3.63) is 36.4 Å². The monoisotopic (exact) mass is 369 g/mol. The Kier molecular flexibility index (Phi) is 4.59. The van der Waals surface area contributed by atoms with Crippen LogP contribution in [0.15, 0.2) is 36.4 Å². The average Bonchev–Trinajstić information content (AvgIpc) is 2.95. The maximum Gasteiger partial charge on any atom is 0.320 e. The van der Waals surface area contributed by atoms with Crippen molar-refractivity contribution in [1.82, 2.24) is 10.2 Å². The molecule has 1 aliphatic heterocycles. The van der Waals surface area contributed by atoms with Gasteiger partial charge in [-0.3, -0.25) is 14.5 Å². The number of amides is 4. The van der Waals surface area contributed by atoms with Gasteiger partial charge in [0.2, 0.25) is 11.8 Å². The first-order valence-electron chi connectivity index (χ1n) is 9.39. The summed E-state index contributed by atoms with van der Waals surface area (Å²) in [5, 5.41) is 5.31. The molecule has 7 heteroatoms. The lowest BCUT2D eigenvalue weighted by Gasteiger charge is -2.38. The van der Waals surface area contributed by atoms with E-state index in [-0.39, 0.29) is 42.2 Å². The Balaban J connectivity index is 1.34. The molecule has 7 nitrogen and oxygen atoms in total. The van der Waals surface area contributed by atoms with Crippen molar-refractivity contribution in [3.8, 4) is 5.75 Å². The lowest BCUT2D eigenvalue weighted by molar-refractivity contribution is -0.140. The van der Waals surface area contributed by atoms with E-state index in [0.29, 0.717) is 12.3 Å². The second-order valence-electron chi connectivity index (χ2n) is 7.19. The highest BCUT2D eigenvalue weighted by Crippen LogP contribution is 2.49. The standard InChI is InChI=1S/C20H23N3O4/c1-2-27-15-9-7-14(8-10-15)22-20(26)21-11-23-18(24)16-12-3-4-13(6-5-12)17(16)19(23)25/h3-4,7-10,12-13,16-17H,2,5-6,11H2,1H3,(H2,21,22,26). The highest BCUT2D eigenvalue weighted by atomic mass is 16.5. The van der Waals surface area contributed by atoms with E-state index in [1.165, 1.54) is 4.90 Å². The number of ether oxygens (including phenoxy) is 1. The van der Waals surface area contributed by atoms with E-state index in [4.69, 9.17) is 4.74 Å². The number of likely N-dealkylation sites (tertiary alicyclic amines) is 1. The van der Waals surface area contributed by atoms with Gasteiger partial charge in [0.1, 0.15) is 12.4 Å². The number of benzene rings is 1. The van der Waals surface area contributed by atoms with Crippen LogP contribution in [0.4, 0.5) is 10.5 Å². The Bertz CT molecular complexity index is 757. The number of allylic oxidation sites excluding steroid dienone is 2. The quantitative estimate of drug-likeness (QED) is 0.616. The van der Waals surface area contributed by atoms with Crippen molar-refractivity contribution in [2.75, 3.05) is 18.6 Å². The van der Waals surface area contributed by atoms with E-state index >= 15 is 0 Å². The Morgan fingerprint density at radius 3 is 2.19 bits per heavy atom. The van der Waals surface area contributed by atoms with E-state index in [0.717, 1.165) is 18.6 Å². The van der Waals surface area contributed by atoms with Gasteiger partial charge in [0.25, 0.3) is 0 Å². The number of rotatable bonds is 5. The predicted octanol–water partition coefficient (Wildman–Crippen LogP) is 2.36. The van der Waals surface area contributed by atoms with Gasteiger partial charge in [0.05, 0.1) is 18.4 Å². The molecule has 1 aromatic rings. The highest BCUT2D eigenvalue weighted by Gasteiger charge is 2.56. The highest BCUT2D eigenvalue weighted by molar-refractivity contribution is 6.06. The summed E-state index contributed by atoms with van der Waals surface area (Å²) in [7, 11) is 0.